The lowest BCUT2D eigenvalue weighted by Gasteiger charge is -2.32. The summed E-state index contributed by atoms with van der Waals surface area (Å²) in [5.74, 6) is 2.59. The minimum absolute atomic E-state index is 0.0233. The van der Waals surface area contributed by atoms with E-state index in [1.165, 1.54) is 11.1 Å². The summed E-state index contributed by atoms with van der Waals surface area (Å²) in [4.78, 5) is 20.9. The second kappa shape index (κ2) is 13.6. The maximum absolute atomic E-state index is 9.92. The number of oxime groups is 1. The minimum atomic E-state index is -0.588. The first-order chi connectivity index (χ1) is 20.8. The van der Waals surface area contributed by atoms with Crippen molar-refractivity contribution in [2.75, 3.05) is 18.0 Å². The number of nitrogens with zero attached hydrogens (tertiary/aromatic N) is 6. The summed E-state index contributed by atoms with van der Waals surface area (Å²) < 4.78 is 12.2. The zero-order chi connectivity index (χ0) is 30.2. The highest BCUT2D eigenvalue weighted by Crippen LogP contribution is 2.28. The molecule has 0 atom stereocenters. The average molecular weight is 581 g/mol. The van der Waals surface area contributed by atoms with Gasteiger partial charge in [-0.1, -0.05) is 42.5 Å². The van der Waals surface area contributed by atoms with Gasteiger partial charge in [0, 0.05) is 44.5 Å². The topological polar surface area (TPSA) is 106 Å². The van der Waals surface area contributed by atoms with E-state index < -0.39 is 5.60 Å². The Morgan fingerprint density at radius 2 is 1.70 bits per heavy atom. The third-order valence-electron chi connectivity index (χ3n) is 7.35. The van der Waals surface area contributed by atoms with Crippen LogP contribution in [0.25, 0.3) is 0 Å². The van der Waals surface area contributed by atoms with Crippen molar-refractivity contribution in [3.05, 3.63) is 107 Å². The Balaban J connectivity index is 1.26. The van der Waals surface area contributed by atoms with Crippen molar-refractivity contribution >= 4 is 11.7 Å². The Hall–Kier alpha value is -4.53. The van der Waals surface area contributed by atoms with Crippen molar-refractivity contribution in [3.63, 3.8) is 0 Å². The van der Waals surface area contributed by atoms with Crippen molar-refractivity contribution in [2.24, 2.45) is 11.1 Å². The summed E-state index contributed by atoms with van der Waals surface area (Å²) in [7, 11) is 0. The van der Waals surface area contributed by atoms with Gasteiger partial charge in [-0.2, -0.15) is 0 Å². The molecule has 43 heavy (non-hydrogen) atoms. The van der Waals surface area contributed by atoms with Crippen LogP contribution in [-0.2, 0) is 24.2 Å². The smallest absolute Gasteiger partial charge is 0.280 e. The van der Waals surface area contributed by atoms with E-state index in [4.69, 9.17) is 24.4 Å². The largest absolute Gasteiger partial charge is 0.485 e. The minimum Gasteiger partial charge on any atom is -0.485 e. The standard InChI is InChI=1S/C34H40N6O3/c1-24-32(42-23-26-9-6-5-7-10-26)31(33(39-41)43-34(2,3)4)38-29(37-24)20-25-14-17-40(18-15-25)30-13-12-28(22-36-30)19-27-11-8-16-35-21-27/h5-13,16,21-22,25,41H,14-15,17-20,23H2,1-4H3. The first kappa shape index (κ1) is 29.9. The summed E-state index contributed by atoms with van der Waals surface area (Å²) in [6.07, 6.45) is 9.20. The van der Waals surface area contributed by atoms with E-state index in [1.54, 1.807) is 6.20 Å². The van der Waals surface area contributed by atoms with Crippen molar-refractivity contribution in [2.45, 2.75) is 65.6 Å². The van der Waals surface area contributed by atoms with Crippen LogP contribution in [0.4, 0.5) is 5.82 Å². The number of aryl methyl sites for hydroxylation is 1. The quantitative estimate of drug-likeness (QED) is 0.109. The van der Waals surface area contributed by atoms with Gasteiger partial charge in [-0.25, -0.2) is 15.0 Å². The van der Waals surface area contributed by atoms with E-state index in [1.807, 2.05) is 76.5 Å². The van der Waals surface area contributed by atoms with E-state index in [2.05, 4.69) is 33.2 Å². The van der Waals surface area contributed by atoms with Crippen LogP contribution in [0.1, 0.15) is 67.5 Å². The first-order valence-corrected chi connectivity index (χ1v) is 14.8. The average Bonchev–Trinajstić information content (AvgIpc) is 3.00. The number of pyridine rings is 2. The van der Waals surface area contributed by atoms with E-state index in [0.29, 0.717) is 41.9 Å². The fourth-order valence-corrected chi connectivity index (χ4v) is 5.24. The molecular weight excluding hydrogens is 540 g/mol. The summed E-state index contributed by atoms with van der Waals surface area (Å²) >= 11 is 0. The maximum Gasteiger partial charge on any atom is 0.280 e. The van der Waals surface area contributed by atoms with Crippen LogP contribution in [0.15, 0.2) is 78.3 Å². The van der Waals surface area contributed by atoms with Gasteiger partial charge in [0.15, 0.2) is 11.4 Å². The summed E-state index contributed by atoms with van der Waals surface area (Å²) in [6, 6.07) is 18.2. The zero-order valence-electron chi connectivity index (χ0n) is 25.4. The first-order valence-electron chi connectivity index (χ1n) is 14.8. The highest BCUT2D eigenvalue weighted by atomic mass is 16.5. The van der Waals surface area contributed by atoms with Gasteiger partial charge in [-0.3, -0.25) is 4.98 Å². The fourth-order valence-electron chi connectivity index (χ4n) is 5.24. The molecule has 0 radical (unpaired) electrons. The SMILES string of the molecule is Cc1nc(CC2CCN(c3ccc(Cc4cccnc4)cn3)CC2)nc(C(=NO)OC(C)(C)C)c1OCc1ccccc1. The Morgan fingerprint density at radius 1 is 0.953 bits per heavy atom. The van der Waals surface area contributed by atoms with Gasteiger partial charge in [0.1, 0.15) is 23.9 Å². The number of aromatic nitrogens is 4. The van der Waals surface area contributed by atoms with Gasteiger partial charge in [0.25, 0.3) is 5.90 Å². The number of benzene rings is 1. The molecule has 4 aromatic rings. The molecule has 0 amide bonds. The second-order valence-corrected chi connectivity index (χ2v) is 12.0. The van der Waals surface area contributed by atoms with Crippen LogP contribution in [0.3, 0.4) is 0 Å². The number of anilines is 1. The normalized spacial score (nSPS) is 14.5. The molecule has 1 aliphatic rings. The lowest BCUT2D eigenvalue weighted by atomic mass is 9.93. The van der Waals surface area contributed by atoms with Crippen LogP contribution < -0.4 is 9.64 Å². The second-order valence-electron chi connectivity index (χ2n) is 12.0. The molecule has 9 nitrogen and oxygen atoms in total. The van der Waals surface area contributed by atoms with Crippen LogP contribution >= 0.6 is 0 Å². The monoisotopic (exact) mass is 580 g/mol. The van der Waals surface area contributed by atoms with E-state index >= 15 is 0 Å². The molecule has 4 heterocycles. The highest BCUT2D eigenvalue weighted by molar-refractivity contribution is 5.95. The van der Waals surface area contributed by atoms with Gasteiger partial charge in [0.05, 0.1) is 5.69 Å². The molecule has 0 saturated carbocycles. The Morgan fingerprint density at radius 3 is 2.35 bits per heavy atom. The van der Waals surface area contributed by atoms with Crippen LogP contribution in [-0.4, -0.2) is 49.7 Å². The summed E-state index contributed by atoms with van der Waals surface area (Å²) in [6.45, 7) is 9.76. The van der Waals surface area contributed by atoms with Gasteiger partial charge in [0.2, 0.25) is 0 Å². The molecular formula is C34H40N6O3. The summed E-state index contributed by atoms with van der Waals surface area (Å²) in [5, 5.41) is 13.4. The number of hydrogen-bond acceptors (Lipinski definition) is 9. The van der Waals surface area contributed by atoms with Crippen LogP contribution in [0.2, 0.25) is 0 Å². The lowest BCUT2D eigenvalue weighted by molar-refractivity contribution is 0.107. The Kier molecular flexibility index (Phi) is 9.49. The van der Waals surface area contributed by atoms with Crippen molar-refractivity contribution in [1.29, 1.82) is 0 Å². The lowest BCUT2D eigenvalue weighted by Crippen LogP contribution is -2.35. The summed E-state index contributed by atoms with van der Waals surface area (Å²) in [5.41, 5.74) is 3.82. The Labute approximate surface area is 253 Å². The molecule has 0 aliphatic carbocycles. The molecule has 1 fully saturated rings. The van der Waals surface area contributed by atoms with Gasteiger partial charge in [-0.05, 0) is 80.4 Å². The van der Waals surface area contributed by atoms with Crippen molar-refractivity contribution in [1.82, 2.24) is 19.9 Å². The Bertz CT molecular complexity index is 1500. The molecule has 1 saturated heterocycles. The molecule has 0 spiro atoms. The maximum atomic E-state index is 9.92. The van der Waals surface area contributed by atoms with E-state index in [0.717, 1.165) is 43.7 Å². The van der Waals surface area contributed by atoms with Crippen LogP contribution in [0.5, 0.6) is 5.75 Å². The number of hydrogen-bond donors (Lipinski definition) is 1. The predicted octanol–water partition coefficient (Wildman–Crippen LogP) is 6.15. The van der Waals surface area contributed by atoms with Gasteiger partial charge in [-0.15, -0.1) is 0 Å². The fraction of sp³-hybridized carbons (Fsp3) is 0.382. The van der Waals surface area contributed by atoms with Crippen LogP contribution in [0, 0.1) is 12.8 Å². The molecule has 1 N–H and O–H groups in total. The van der Waals surface area contributed by atoms with Gasteiger partial charge >= 0.3 is 0 Å². The number of ether oxygens (including phenoxy) is 2. The van der Waals surface area contributed by atoms with Crippen molar-refractivity contribution in [3.8, 4) is 5.75 Å². The molecule has 0 bridgehead atoms. The zero-order valence-corrected chi connectivity index (χ0v) is 25.4. The van der Waals surface area contributed by atoms with Crippen molar-refractivity contribution < 1.29 is 14.7 Å². The third kappa shape index (κ3) is 8.28. The molecule has 1 aromatic carbocycles. The van der Waals surface area contributed by atoms with E-state index in [9.17, 15) is 5.21 Å². The molecule has 5 rings (SSSR count). The molecule has 0 unspecified atom stereocenters. The van der Waals surface area contributed by atoms with Gasteiger partial charge < -0.3 is 19.6 Å². The third-order valence-corrected chi connectivity index (χ3v) is 7.35. The molecule has 3 aromatic heterocycles. The predicted molar refractivity (Wildman–Crippen MR) is 167 cm³/mol. The number of piperidine rings is 1. The molecule has 1 aliphatic heterocycles. The highest BCUT2D eigenvalue weighted by Gasteiger charge is 2.27. The van der Waals surface area contributed by atoms with E-state index in [-0.39, 0.29) is 5.90 Å². The molecule has 9 heteroatoms. The molecule has 224 valence electrons. The number of rotatable bonds is 9.